The highest BCUT2D eigenvalue weighted by molar-refractivity contribution is 5.95. The zero-order valence-electron chi connectivity index (χ0n) is 12.7. The van der Waals surface area contributed by atoms with Crippen LogP contribution >= 0.6 is 0 Å². The highest BCUT2D eigenvalue weighted by atomic mass is 16.5. The van der Waals surface area contributed by atoms with E-state index in [-0.39, 0.29) is 12.1 Å². The van der Waals surface area contributed by atoms with Gasteiger partial charge < -0.3 is 15.4 Å². The number of carbonyl (C=O) groups is 2. The smallest absolute Gasteiger partial charge is 0.338 e. The van der Waals surface area contributed by atoms with Crippen LogP contribution in [-0.2, 0) is 9.53 Å². The van der Waals surface area contributed by atoms with Crippen molar-refractivity contribution in [1.82, 2.24) is 10.6 Å². The van der Waals surface area contributed by atoms with Gasteiger partial charge in [-0.2, -0.15) is 0 Å². The summed E-state index contributed by atoms with van der Waals surface area (Å²) in [6, 6.07) is 6.89. The number of urea groups is 1. The Balaban J connectivity index is 2.40. The van der Waals surface area contributed by atoms with E-state index in [4.69, 9.17) is 4.74 Å². The molecule has 0 radical (unpaired) electrons. The van der Waals surface area contributed by atoms with E-state index in [1.807, 2.05) is 31.2 Å². The molecule has 1 atom stereocenters. The van der Waals surface area contributed by atoms with Gasteiger partial charge in [0, 0.05) is 5.70 Å². The summed E-state index contributed by atoms with van der Waals surface area (Å²) in [6.45, 7) is 7.28. The fraction of sp³-hybridized carbons (Fsp3) is 0.375. The van der Waals surface area contributed by atoms with E-state index in [1.165, 1.54) is 0 Å². The number of hydrogen-bond donors (Lipinski definition) is 2. The summed E-state index contributed by atoms with van der Waals surface area (Å²) < 4.78 is 5.28. The number of hydrogen-bond acceptors (Lipinski definition) is 3. The van der Waals surface area contributed by atoms with Crippen molar-refractivity contribution in [2.24, 2.45) is 0 Å². The van der Waals surface area contributed by atoms with E-state index in [0.29, 0.717) is 11.3 Å². The molecular formula is C16H20N2O3. The highest BCUT2D eigenvalue weighted by Gasteiger charge is 2.32. The molecular weight excluding hydrogens is 268 g/mol. The molecule has 112 valence electrons. The van der Waals surface area contributed by atoms with Gasteiger partial charge in [-0.05, 0) is 33.3 Å². The molecule has 0 saturated heterocycles. The van der Waals surface area contributed by atoms with Crippen LogP contribution in [0.25, 0.3) is 0 Å². The Kier molecular flexibility index (Phi) is 4.31. The van der Waals surface area contributed by atoms with Crippen LogP contribution in [0.15, 0.2) is 35.5 Å². The quantitative estimate of drug-likeness (QED) is 0.840. The van der Waals surface area contributed by atoms with Gasteiger partial charge in [-0.3, -0.25) is 0 Å². The van der Waals surface area contributed by atoms with Crippen LogP contribution in [0.1, 0.15) is 37.9 Å². The van der Waals surface area contributed by atoms with Gasteiger partial charge in [0.1, 0.15) is 0 Å². The third-order valence-corrected chi connectivity index (χ3v) is 3.24. The second-order valence-electron chi connectivity index (χ2n) is 5.43. The van der Waals surface area contributed by atoms with Crippen molar-refractivity contribution in [2.75, 3.05) is 0 Å². The maximum atomic E-state index is 12.3. The van der Waals surface area contributed by atoms with E-state index >= 15 is 0 Å². The lowest BCUT2D eigenvalue weighted by Crippen LogP contribution is -2.45. The van der Waals surface area contributed by atoms with Crippen molar-refractivity contribution in [3.63, 3.8) is 0 Å². The maximum absolute atomic E-state index is 12.3. The molecule has 21 heavy (non-hydrogen) atoms. The summed E-state index contributed by atoms with van der Waals surface area (Å²) in [5.41, 5.74) is 2.93. The van der Waals surface area contributed by atoms with Crippen molar-refractivity contribution in [1.29, 1.82) is 0 Å². The molecule has 0 unspecified atom stereocenters. The molecule has 0 saturated carbocycles. The van der Waals surface area contributed by atoms with Crippen LogP contribution in [0.4, 0.5) is 4.79 Å². The molecule has 0 aromatic heterocycles. The van der Waals surface area contributed by atoms with E-state index in [1.54, 1.807) is 20.8 Å². The van der Waals surface area contributed by atoms with Gasteiger partial charge in [-0.25, -0.2) is 9.59 Å². The van der Waals surface area contributed by atoms with Gasteiger partial charge in [-0.1, -0.05) is 29.8 Å². The second-order valence-corrected chi connectivity index (χ2v) is 5.43. The fourth-order valence-corrected chi connectivity index (χ4v) is 2.25. The van der Waals surface area contributed by atoms with Gasteiger partial charge in [0.15, 0.2) is 0 Å². The SMILES string of the molecule is CC1=C(C(=O)OC(C)C)[C@H](c2ccc(C)cc2)NC(=O)N1. The minimum absolute atomic E-state index is 0.214. The molecule has 2 rings (SSSR count). The van der Waals surface area contributed by atoms with Gasteiger partial charge in [0.25, 0.3) is 0 Å². The van der Waals surface area contributed by atoms with E-state index in [0.717, 1.165) is 11.1 Å². The van der Waals surface area contributed by atoms with Gasteiger partial charge >= 0.3 is 12.0 Å². The predicted molar refractivity (Wildman–Crippen MR) is 79.5 cm³/mol. The lowest BCUT2D eigenvalue weighted by atomic mass is 9.95. The lowest BCUT2D eigenvalue weighted by molar-refractivity contribution is -0.143. The summed E-state index contributed by atoms with van der Waals surface area (Å²) in [6.07, 6.45) is -0.214. The number of aryl methyl sites for hydroxylation is 1. The average Bonchev–Trinajstić information content (AvgIpc) is 2.37. The van der Waals surface area contributed by atoms with Crippen molar-refractivity contribution < 1.29 is 14.3 Å². The van der Waals surface area contributed by atoms with Crippen molar-refractivity contribution in [2.45, 2.75) is 39.8 Å². The number of ether oxygens (including phenoxy) is 1. The second kappa shape index (κ2) is 5.99. The maximum Gasteiger partial charge on any atom is 0.338 e. The number of benzene rings is 1. The monoisotopic (exact) mass is 288 g/mol. The Labute approximate surface area is 124 Å². The third kappa shape index (κ3) is 3.42. The Hall–Kier alpha value is -2.30. The first-order valence-corrected chi connectivity index (χ1v) is 6.94. The van der Waals surface area contributed by atoms with Crippen molar-refractivity contribution in [3.05, 3.63) is 46.7 Å². The summed E-state index contributed by atoms with van der Waals surface area (Å²) in [4.78, 5) is 24.0. The van der Waals surface area contributed by atoms with Gasteiger partial charge in [-0.15, -0.1) is 0 Å². The van der Waals surface area contributed by atoms with Gasteiger partial charge in [0.05, 0.1) is 17.7 Å². The minimum Gasteiger partial charge on any atom is -0.459 e. The van der Waals surface area contributed by atoms with Crippen LogP contribution < -0.4 is 10.6 Å². The Bertz CT molecular complexity index is 588. The Morgan fingerprint density at radius 3 is 2.38 bits per heavy atom. The molecule has 1 aromatic rings. The number of rotatable bonds is 3. The largest absolute Gasteiger partial charge is 0.459 e. The number of nitrogens with one attached hydrogen (secondary N) is 2. The van der Waals surface area contributed by atoms with Gasteiger partial charge in [0.2, 0.25) is 0 Å². The normalized spacial score (nSPS) is 18.3. The Morgan fingerprint density at radius 1 is 1.19 bits per heavy atom. The van der Waals surface area contributed by atoms with Crippen LogP contribution in [0, 0.1) is 6.92 Å². The number of allylic oxidation sites excluding steroid dienone is 1. The van der Waals surface area contributed by atoms with Crippen LogP contribution in [0.2, 0.25) is 0 Å². The molecule has 0 aliphatic carbocycles. The summed E-state index contributed by atoms with van der Waals surface area (Å²) in [5.74, 6) is -0.416. The average molecular weight is 288 g/mol. The molecule has 1 aromatic carbocycles. The summed E-state index contributed by atoms with van der Waals surface area (Å²) >= 11 is 0. The minimum atomic E-state index is -0.495. The predicted octanol–water partition coefficient (Wildman–Crippen LogP) is 2.57. The molecule has 1 aliphatic rings. The number of esters is 1. The van der Waals surface area contributed by atoms with E-state index < -0.39 is 12.0 Å². The van der Waals surface area contributed by atoms with E-state index in [9.17, 15) is 9.59 Å². The molecule has 2 amide bonds. The molecule has 5 heteroatoms. The van der Waals surface area contributed by atoms with Crippen LogP contribution in [0.5, 0.6) is 0 Å². The van der Waals surface area contributed by atoms with Crippen molar-refractivity contribution in [3.8, 4) is 0 Å². The molecule has 0 fully saturated rings. The van der Waals surface area contributed by atoms with Crippen LogP contribution in [-0.4, -0.2) is 18.1 Å². The van der Waals surface area contributed by atoms with E-state index in [2.05, 4.69) is 10.6 Å². The fourth-order valence-electron chi connectivity index (χ4n) is 2.25. The zero-order valence-corrected chi connectivity index (χ0v) is 12.7. The lowest BCUT2D eigenvalue weighted by Gasteiger charge is -2.28. The molecule has 2 N–H and O–H groups in total. The first-order chi connectivity index (χ1) is 9.88. The first-order valence-electron chi connectivity index (χ1n) is 6.94. The molecule has 1 heterocycles. The molecule has 0 bridgehead atoms. The summed E-state index contributed by atoms with van der Waals surface area (Å²) in [7, 11) is 0. The van der Waals surface area contributed by atoms with Crippen molar-refractivity contribution >= 4 is 12.0 Å². The summed E-state index contributed by atoms with van der Waals surface area (Å²) in [5, 5.41) is 5.40. The molecule has 1 aliphatic heterocycles. The first kappa shape index (κ1) is 15.1. The topological polar surface area (TPSA) is 67.4 Å². The Morgan fingerprint density at radius 2 is 1.81 bits per heavy atom. The standard InChI is InChI=1S/C16H20N2O3/c1-9(2)21-15(19)13-11(4)17-16(20)18-14(13)12-7-5-10(3)6-8-12/h5-9,14H,1-4H3,(H2,17,18,20)/t14-/m0/s1. The molecule has 0 spiro atoms. The zero-order chi connectivity index (χ0) is 15.6. The number of carbonyl (C=O) groups excluding carboxylic acids is 2. The highest BCUT2D eigenvalue weighted by Crippen LogP contribution is 2.28. The van der Waals surface area contributed by atoms with Crippen LogP contribution in [0.3, 0.4) is 0 Å². The third-order valence-electron chi connectivity index (χ3n) is 3.24. The molecule has 5 nitrogen and oxygen atoms in total. The number of amides is 2.